The van der Waals surface area contributed by atoms with Crippen LogP contribution in [-0.4, -0.2) is 20.7 Å². The van der Waals surface area contributed by atoms with Gasteiger partial charge in [0.15, 0.2) is 9.84 Å². The lowest BCUT2D eigenvalue weighted by atomic mass is 9.88. The third-order valence-electron chi connectivity index (χ3n) is 3.22. The van der Waals surface area contributed by atoms with Crippen LogP contribution in [0.25, 0.3) is 0 Å². The lowest BCUT2D eigenvalue weighted by Crippen LogP contribution is -2.23. The minimum Gasteiger partial charge on any atom is -0.330 e. The number of rotatable bonds is 7. The Morgan fingerprint density at radius 3 is 2.53 bits per heavy atom. The van der Waals surface area contributed by atoms with Crippen LogP contribution in [0.2, 0.25) is 0 Å². The van der Waals surface area contributed by atoms with Gasteiger partial charge in [0.2, 0.25) is 0 Å². The van der Waals surface area contributed by atoms with E-state index in [2.05, 4.69) is 13.8 Å². The van der Waals surface area contributed by atoms with Gasteiger partial charge < -0.3 is 5.73 Å². The maximum atomic E-state index is 13.0. The van der Waals surface area contributed by atoms with E-state index in [4.69, 9.17) is 5.73 Å². The van der Waals surface area contributed by atoms with Crippen molar-refractivity contribution in [3.05, 3.63) is 30.1 Å². The van der Waals surface area contributed by atoms with Crippen LogP contribution in [0.5, 0.6) is 0 Å². The van der Waals surface area contributed by atoms with Gasteiger partial charge in [-0.15, -0.1) is 0 Å². The van der Waals surface area contributed by atoms with Crippen molar-refractivity contribution in [2.75, 3.05) is 12.3 Å². The van der Waals surface area contributed by atoms with Gasteiger partial charge >= 0.3 is 0 Å². The molecule has 0 saturated carbocycles. The lowest BCUT2D eigenvalue weighted by Gasteiger charge is -2.21. The van der Waals surface area contributed by atoms with Crippen LogP contribution < -0.4 is 5.73 Å². The molecule has 0 aliphatic carbocycles. The van der Waals surface area contributed by atoms with E-state index in [0.717, 1.165) is 18.9 Å². The van der Waals surface area contributed by atoms with Crippen LogP contribution in [0.4, 0.5) is 4.39 Å². The van der Waals surface area contributed by atoms with Gasteiger partial charge in [-0.2, -0.15) is 0 Å². The zero-order valence-electron chi connectivity index (χ0n) is 11.5. The molecule has 0 aliphatic heterocycles. The fourth-order valence-corrected chi connectivity index (χ4v) is 3.17. The number of halogens is 1. The van der Waals surface area contributed by atoms with E-state index in [-0.39, 0.29) is 16.1 Å². The highest BCUT2D eigenvalue weighted by molar-refractivity contribution is 7.91. The van der Waals surface area contributed by atoms with Crippen LogP contribution in [-0.2, 0) is 9.84 Å². The van der Waals surface area contributed by atoms with Crippen molar-refractivity contribution in [3.8, 4) is 0 Å². The quantitative estimate of drug-likeness (QED) is 0.784. The average molecular weight is 287 g/mol. The first-order valence-corrected chi connectivity index (χ1v) is 8.10. The monoisotopic (exact) mass is 287 g/mol. The predicted molar refractivity (Wildman–Crippen MR) is 75.1 cm³/mol. The summed E-state index contributed by atoms with van der Waals surface area (Å²) < 4.78 is 37.0. The van der Waals surface area contributed by atoms with Gasteiger partial charge in [-0.25, -0.2) is 12.8 Å². The van der Waals surface area contributed by atoms with E-state index in [1.54, 1.807) is 0 Å². The first-order chi connectivity index (χ1) is 8.77. The average Bonchev–Trinajstić information content (AvgIpc) is 2.35. The zero-order valence-corrected chi connectivity index (χ0v) is 12.3. The van der Waals surface area contributed by atoms with Crippen molar-refractivity contribution in [3.63, 3.8) is 0 Å². The van der Waals surface area contributed by atoms with Gasteiger partial charge in [0.05, 0.1) is 10.6 Å². The smallest absolute Gasteiger partial charge is 0.178 e. The maximum Gasteiger partial charge on any atom is 0.178 e. The molecule has 0 spiro atoms. The first kappa shape index (κ1) is 16.1. The summed E-state index contributed by atoms with van der Waals surface area (Å²) in [6, 6.07) is 5.16. The van der Waals surface area contributed by atoms with E-state index < -0.39 is 15.7 Å². The standard InChI is InChI=1S/C14H22FNO2S/c1-14(2,11-16)8-3-4-9-19(17,18)13-7-5-6-12(15)10-13/h5-7,10H,3-4,8-9,11,16H2,1-2H3. The van der Waals surface area contributed by atoms with Crippen LogP contribution in [0.3, 0.4) is 0 Å². The Morgan fingerprint density at radius 2 is 1.95 bits per heavy atom. The summed E-state index contributed by atoms with van der Waals surface area (Å²) in [5.41, 5.74) is 5.67. The number of hydrogen-bond donors (Lipinski definition) is 1. The van der Waals surface area contributed by atoms with Crippen LogP contribution in [0.15, 0.2) is 29.2 Å². The molecule has 0 aromatic heterocycles. The van der Waals surface area contributed by atoms with Crippen molar-refractivity contribution in [2.45, 2.75) is 38.0 Å². The van der Waals surface area contributed by atoms with Gasteiger partial charge in [-0.05, 0) is 43.0 Å². The Kier molecular flexibility index (Phi) is 5.50. The molecule has 19 heavy (non-hydrogen) atoms. The molecule has 5 heteroatoms. The number of hydrogen-bond acceptors (Lipinski definition) is 3. The van der Waals surface area contributed by atoms with Crippen molar-refractivity contribution in [2.24, 2.45) is 11.1 Å². The lowest BCUT2D eigenvalue weighted by molar-refractivity contribution is 0.335. The second-order valence-corrected chi connectivity index (χ2v) is 7.71. The SMILES string of the molecule is CC(C)(CN)CCCCS(=O)(=O)c1cccc(F)c1. The van der Waals surface area contributed by atoms with E-state index in [1.807, 2.05) is 0 Å². The zero-order chi connectivity index (χ0) is 14.5. The Morgan fingerprint density at radius 1 is 1.26 bits per heavy atom. The third kappa shape index (κ3) is 5.28. The summed E-state index contributed by atoms with van der Waals surface area (Å²) in [5.74, 6) is -0.470. The molecule has 2 N–H and O–H groups in total. The highest BCUT2D eigenvalue weighted by Gasteiger charge is 2.17. The van der Waals surface area contributed by atoms with E-state index in [9.17, 15) is 12.8 Å². The molecule has 0 amide bonds. The number of nitrogens with two attached hydrogens (primary N) is 1. The van der Waals surface area contributed by atoms with Crippen LogP contribution >= 0.6 is 0 Å². The topological polar surface area (TPSA) is 60.2 Å². The largest absolute Gasteiger partial charge is 0.330 e. The maximum absolute atomic E-state index is 13.0. The summed E-state index contributed by atoms with van der Waals surface area (Å²) in [6.07, 6.45) is 2.27. The van der Waals surface area contributed by atoms with Gasteiger partial charge in [-0.3, -0.25) is 0 Å². The molecule has 0 aliphatic rings. The summed E-state index contributed by atoms with van der Waals surface area (Å²) in [4.78, 5) is 0.0607. The fourth-order valence-electron chi connectivity index (χ4n) is 1.78. The summed E-state index contributed by atoms with van der Waals surface area (Å²) in [6.45, 7) is 4.71. The molecule has 1 aromatic carbocycles. The summed E-state index contributed by atoms with van der Waals surface area (Å²) in [7, 11) is -3.38. The minimum absolute atomic E-state index is 0.0443. The molecule has 3 nitrogen and oxygen atoms in total. The van der Waals surface area contributed by atoms with Crippen LogP contribution in [0, 0.1) is 11.2 Å². The van der Waals surface area contributed by atoms with Crippen molar-refractivity contribution >= 4 is 9.84 Å². The molecule has 0 atom stereocenters. The second-order valence-electron chi connectivity index (χ2n) is 5.60. The summed E-state index contributed by atoms with van der Waals surface area (Å²) >= 11 is 0. The van der Waals surface area contributed by atoms with E-state index >= 15 is 0 Å². The molecule has 0 fully saturated rings. The summed E-state index contributed by atoms with van der Waals surface area (Å²) in [5, 5.41) is 0. The van der Waals surface area contributed by atoms with Gasteiger partial charge in [-0.1, -0.05) is 26.3 Å². The number of unbranched alkanes of at least 4 members (excludes halogenated alkanes) is 1. The van der Waals surface area contributed by atoms with E-state index in [0.29, 0.717) is 13.0 Å². The Bertz CT molecular complexity index is 512. The second kappa shape index (κ2) is 6.48. The highest BCUT2D eigenvalue weighted by atomic mass is 32.2. The Balaban J connectivity index is 2.53. The molecular formula is C14H22FNO2S. The van der Waals surface area contributed by atoms with Gasteiger partial charge in [0.25, 0.3) is 0 Å². The van der Waals surface area contributed by atoms with Gasteiger partial charge in [0.1, 0.15) is 5.82 Å². The normalized spacial score (nSPS) is 12.6. The third-order valence-corrected chi connectivity index (χ3v) is 5.02. The molecule has 0 saturated heterocycles. The van der Waals surface area contributed by atoms with E-state index in [1.165, 1.54) is 18.2 Å². The molecular weight excluding hydrogens is 265 g/mol. The first-order valence-electron chi connectivity index (χ1n) is 6.45. The fraction of sp³-hybridized carbons (Fsp3) is 0.571. The van der Waals surface area contributed by atoms with Crippen LogP contribution in [0.1, 0.15) is 33.1 Å². The molecule has 0 radical (unpaired) electrons. The number of benzene rings is 1. The highest BCUT2D eigenvalue weighted by Crippen LogP contribution is 2.22. The predicted octanol–water partition coefficient (Wildman–Crippen LogP) is 2.75. The van der Waals surface area contributed by atoms with Crippen molar-refractivity contribution in [1.29, 1.82) is 0 Å². The number of sulfone groups is 1. The molecule has 0 unspecified atom stereocenters. The minimum atomic E-state index is -3.38. The Labute approximate surface area is 114 Å². The molecule has 0 bridgehead atoms. The van der Waals surface area contributed by atoms with Crippen molar-refractivity contribution in [1.82, 2.24) is 0 Å². The molecule has 1 aromatic rings. The van der Waals surface area contributed by atoms with Crippen molar-refractivity contribution < 1.29 is 12.8 Å². The molecule has 1 rings (SSSR count). The molecule has 108 valence electrons. The molecule has 0 heterocycles. The van der Waals surface area contributed by atoms with Gasteiger partial charge in [0, 0.05) is 0 Å². The Hall–Kier alpha value is -0.940.